The van der Waals surface area contributed by atoms with Gasteiger partial charge in [-0.1, -0.05) is 29.8 Å². The Labute approximate surface area is 98.8 Å². The van der Waals surface area contributed by atoms with Crippen LogP contribution in [0.1, 0.15) is 35.7 Å². The first-order valence-electron chi connectivity index (χ1n) is 4.86. The SMILES string of the molecule is COc1cc(C(=O)CBr)cc(C(C)C)c1. The third kappa shape index (κ3) is 3.06. The van der Waals surface area contributed by atoms with Gasteiger partial charge in [-0.3, -0.25) is 4.79 Å². The Morgan fingerprint density at radius 2 is 2.07 bits per heavy atom. The summed E-state index contributed by atoms with van der Waals surface area (Å²) in [5.74, 6) is 1.21. The zero-order chi connectivity index (χ0) is 11.4. The maximum atomic E-state index is 11.6. The van der Waals surface area contributed by atoms with Crippen LogP contribution in [0.4, 0.5) is 0 Å². The van der Waals surface area contributed by atoms with Crippen molar-refractivity contribution < 1.29 is 9.53 Å². The van der Waals surface area contributed by atoms with Crippen LogP contribution in [0.3, 0.4) is 0 Å². The molecule has 2 nitrogen and oxygen atoms in total. The lowest BCUT2D eigenvalue weighted by atomic mass is 9.99. The van der Waals surface area contributed by atoms with Crippen molar-refractivity contribution in [3.8, 4) is 5.75 Å². The molecule has 0 saturated carbocycles. The van der Waals surface area contributed by atoms with E-state index in [4.69, 9.17) is 4.74 Å². The number of carbonyl (C=O) groups is 1. The molecule has 0 amide bonds. The topological polar surface area (TPSA) is 26.3 Å². The van der Waals surface area contributed by atoms with Gasteiger partial charge in [0.05, 0.1) is 12.4 Å². The number of hydrogen-bond donors (Lipinski definition) is 0. The van der Waals surface area contributed by atoms with Crippen LogP contribution >= 0.6 is 15.9 Å². The van der Waals surface area contributed by atoms with Gasteiger partial charge in [0, 0.05) is 5.56 Å². The summed E-state index contributed by atoms with van der Waals surface area (Å²) < 4.78 is 5.17. The fourth-order valence-corrected chi connectivity index (χ4v) is 1.64. The number of Topliss-reactive ketones (excluding diaryl/α,β-unsaturated/α-hetero) is 1. The molecule has 0 spiro atoms. The summed E-state index contributed by atoms with van der Waals surface area (Å²) in [5.41, 5.74) is 1.83. The van der Waals surface area contributed by atoms with Crippen molar-refractivity contribution in [3.05, 3.63) is 29.3 Å². The maximum Gasteiger partial charge on any atom is 0.173 e. The van der Waals surface area contributed by atoms with Crippen LogP contribution in [0, 0.1) is 0 Å². The van der Waals surface area contributed by atoms with Gasteiger partial charge in [0.1, 0.15) is 5.75 Å². The highest BCUT2D eigenvalue weighted by molar-refractivity contribution is 9.09. The van der Waals surface area contributed by atoms with E-state index >= 15 is 0 Å². The molecule has 0 aliphatic carbocycles. The number of rotatable bonds is 4. The second kappa shape index (κ2) is 5.31. The highest BCUT2D eigenvalue weighted by Crippen LogP contribution is 2.23. The first kappa shape index (κ1) is 12.2. The van der Waals surface area contributed by atoms with Crippen LogP contribution in [-0.2, 0) is 0 Å². The third-order valence-electron chi connectivity index (χ3n) is 2.27. The first-order chi connectivity index (χ1) is 7.08. The number of alkyl halides is 1. The number of ketones is 1. The van der Waals surface area contributed by atoms with Gasteiger partial charge < -0.3 is 4.74 Å². The van der Waals surface area contributed by atoms with E-state index in [2.05, 4.69) is 29.8 Å². The molecule has 0 heterocycles. The lowest BCUT2D eigenvalue weighted by Gasteiger charge is -2.10. The number of benzene rings is 1. The normalized spacial score (nSPS) is 10.5. The van der Waals surface area contributed by atoms with Crippen molar-refractivity contribution in [2.24, 2.45) is 0 Å². The minimum atomic E-state index is 0.0794. The molecule has 0 aromatic heterocycles. The molecule has 0 bridgehead atoms. The van der Waals surface area contributed by atoms with Crippen LogP contribution in [0.2, 0.25) is 0 Å². The summed E-state index contributed by atoms with van der Waals surface area (Å²) in [5, 5.41) is 0.345. The fourth-order valence-electron chi connectivity index (χ4n) is 1.31. The number of hydrogen-bond acceptors (Lipinski definition) is 2. The maximum absolute atomic E-state index is 11.6. The zero-order valence-electron chi connectivity index (χ0n) is 9.21. The van der Waals surface area contributed by atoms with E-state index in [-0.39, 0.29) is 5.78 Å². The highest BCUT2D eigenvalue weighted by Gasteiger charge is 2.09. The Bertz CT molecular complexity index is 359. The summed E-state index contributed by atoms with van der Waals surface area (Å²) >= 11 is 3.17. The highest BCUT2D eigenvalue weighted by atomic mass is 79.9. The molecule has 82 valence electrons. The van der Waals surface area contributed by atoms with E-state index < -0.39 is 0 Å². The number of ether oxygens (including phenoxy) is 1. The molecule has 0 atom stereocenters. The molecule has 0 unspecified atom stereocenters. The molecule has 1 aromatic rings. The van der Waals surface area contributed by atoms with E-state index in [1.165, 1.54) is 0 Å². The Morgan fingerprint density at radius 1 is 1.40 bits per heavy atom. The zero-order valence-corrected chi connectivity index (χ0v) is 10.8. The average molecular weight is 271 g/mol. The van der Waals surface area contributed by atoms with Crippen molar-refractivity contribution >= 4 is 21.7 Å². The Kier molecular flexibility index (Phi) is 4.33. The lowest BCUT2D eigenvalue weighted by Crippen LogP contribution is -2.02. The van der Waals surface area contributed by atoms with E-state index in [0.29, 0.717) is 16.8 Å². The molecule has 0 aliphatic rings. The molecule has 0 radical (unpaired) electrons. The van der Waals surface area contributed by atoms with Crippen molar-refractivity contribution in [2.45, 2.75) is 19.8 Å². The van der Waals surface area contributed by atoms with Crippen molar-refractivity contribution in [1.82, 2.24) is 0 Å². The van der Waals surface area contributed by atoms with Gasteiger partial charge in [-0.15, -0.1) is 0 Å². The minimum Gasteiger partial charge on any atom is -0.497 e. The predicted molar refractivity (Wildman–Crippen MR) is 65.2 cm³/mol. The molecule has 0 aliphatic heterocycles. The van der Waals surface area contributed by atoms with Gasteiger partial charge in [-0.05, 0) is 29.7 Å². The standard InChI is InChI=1S/C12H15BrO2/c1-8(2)9-4-10(12(14)7-13)6-11(5-9)15-3/h4-6,8H,7H2,1-3H3. The smallest absolute Gasteiger partial charge is 0.173 e. The van der Waals surface area contributed by atoms with Crippen LogP contribution in [-0.4, -0.2) is 18.2 Å². The van der Waals surface area contributed by atoms with E-state index in [1.54, 1.807) is 13.2 Å². The summed E-state index contributed by atoms with van der Waals surface area (Å²) in [6, 6.07) is 5.67. The van der Waals surface area contributed by atoms with E-state index in [0.717, 1.165) is 11.3 Å². The number of carbonyl (C=O) groups excluding carboxylic acids is 1. The number of methoxy groups -OCH3 is 1. The Morgan fingerprint density at radius 3 is 2.53 bits per heavy atom. The molecule has 1 aromatic carbocycles. The largest absolute Gasteiger partial charge is 0.497 e. The monoisotopic (exact) mass is 270 g/mol. The van der Waals surface area contributed by atoms with Crippen LogP contribution in [0.25, 0.3) is 0 Å². The number of halogens is 1. The Hall–Kier alpha value is -0.830. The molecule has 0 N–H and O–H groups in total. The lowest BCUT2D eigenvalue weighted by molar-refractivity contribution is 0.102. The van der Waals surface area contributed by atoms with Gasteiger partial charge in [-0.2, -0.15) is 0 Å². The summed E-state index contributed by atoms with van der Waals surface area (Å²) in [7, 11) is 1.61. The quantitative estimate of drug-likeness (QED) is 0.619. The van der Waals surface area contributed by atoms with Crippen molar-refractivity contribution in [2.75, 3.05) is 12.4 Å². The summed E-state index contributed by atoms with van der Waals surface area (Å²) in [6.07, 6.45) is 0. The fraction of sp³-hybridized carbons (Fsp3) is 0.417. The van der Waals surface area contributed by atoms with Gasteiger partial charge >= 0.3 is 0 Å². The average Bonchev–Trinajstić information content (AvgIpc) is 2.27. The van der Waals surface area contributed by atoms with Crippen LogP contribution < -0.4 is 4.74 Å². The molecular formula is C12H15BrO2. The molecule has 0 saturated heterocycles. The van der Waals surface area contributed by atoms with E-state index in [9.17, 15) is 4.79 Å². The predicted octanol–water partition coefficient (Wildman–Crippen LogP) is 3.40. The second-order valence-electron chi connectivity index (χ2n) is 3.71. The summed E-state index contributed by atoms with van der Waals surface area (Å²) in [6.45, 7) is 4.19. The molecule has 0 fully saturated rings. The van der Waals surface area contributed by atoms with E-state index in [1.807, 2.05) is 12.1 Å². The molecule has 15 heavy (non-hydrogen) atoms. The van der Waals surface area contributed by atoms with Crippen LogP contribution in [0.5, 0.6) is 5.75 Å². The van der Waals surface area contributed by atoms with Crippen LogP contribution in [0.15, 0.2) is 18.2 Å². The molecular weight excluding hydrogens is 256 g/mol. The minimum absolute atomic E-state index is 0.0794. The molecule has 3 heteroatoms. The third-order valence-corrected chi connectivity index (χ3v) is 2.78. The van der Waals surface area contributed by atoms with Gasteiger partial charge in [0.15, 0.2) is 5.78 Å². The first-order valence-corrected chi connectivity index (χ1v) is 5.98. The molecule has 1 rings (SSSR count). The van der Waals surface area contributed by atoms with Gasteiger partial charge in [0.25, 0.3) is 0 Å². The van der Waals surface area contributed by atoms with Crippen molar-refractivity contribution in [3.63, 3.8) is 0 Å². The van der Waals surface area contributed by atoms with Gasteiger partial charge in [0.2, 0.25) is 0 Å². The second-order valence-corrected chi connectivity index (χ2v) is 4.27. The van der Waals surface area contributed by atoms with Gasteiger partial charge in [-0.25, -0.2) is 0 Å². The Balaban J connectivity index is 3.17. The summed E-state index contributed by atoms with van der Waals surface area (Å²) in [4.78, 5) is 11.6. The van der Waals surface area contributed by atoms with Crippen molar-refractivity contribution in [1.29, 1.82) is 0 Å².